The van der Waals surface area contributed by atoms with Crippen LogP contribution in [0.15, 0.2) is 23.1 Å². The van der Waals surface area contributed by atoms with E-state index in [2.05, 4.69) is 18.1 Å². The van der Waals surface area contributed by atoms with E-state index in [0.717, 1.165) is 5.56 Å². The standard InChI is InChI=1S/C11H10S/c1-2-9-5-6-10-4-3-7-12-11(10)8-9/h1,5-6,8H,3-4,7H2. The van der Waals surface area contributed by atoms with Crippen LogP contribution in [-0.2, 0) is 6.42 Å². The van der Waals surface area contributed by atoms with Crippen LogP contribution in [0.3, 0.4) is 0 Å². The molecule has 0 N–H and O–H groups in total. The Morgan fingerprint density at radius 2 is 2.33 bits per heavy atom. The van der Waals surface area contributed by atoms with Gasteiger partial charge in [-0.25, -0.2) is 0 Å². The van der Waals surface area contributed by atoms with Crippen molar-refractivity contribution in [2.45, 2.75) is 17.7 Å². The lowest BCUT2D eigenvalue weighted by atomic mass is 10.1. The van der Waals surface area contributed by atoms with E-state index in [0.29, 0.717) is 0 Å². The Labute approximate surface area is 77.4 Å². The van der Waals surface area contributed by atoms with E-state index >= 15 is 0 Å². The number of aryl methyl sites for hydroxylation is 1. The molecule has 1 aliphatic rings. The highest BCUT2D eigenvalue weighted by atomic mass is 32.2. The molecule has 1 aromatic rings. The number of terminal acetylenes is 1. The lowest BCUT2D eigenvalue weighted by Crippen LogP contribution is -1.98. The van der Waals surface area contributed by atoms with E-state index in [1.165, 1.54) is 29.1 Å². The molecular weight excluding hydrogens is 164 g/mol. The molecule has 0 aromatic heterocycles. The molecule has 1 aliphatic heterocycles. The third kappa shape index (κ3) is 1.35. The summed E-state index contributed by atoms with van der Waals surface area (Å²) in [4.78, 5) is 1.39. The number of hydrogen-bond acceptors (Lipinski definition) is 1. The zero-order valence-electron chi connectivity index (χ0n) is 6.84. The van der Waals surface area contributed by atoms with Crippen molar-refractivity contribution in [2.75, 3.05) is 5.75 Å². The fraction of sp³-hybridized carbons (Fsp3) is 0.273. The fourth-order valence-electron chi connectivity index (χ4n) is 1.43. The molecule has 0 nitrogen and oxygen atoms in total. The molecule has 0 saturated heterocycles. The molecule has 12 heavy (non-hydrogen) atoms. The molecule has 0 unspecified atom stereocenters. The highest BCUT2D eigenvalue weighted by Crippen LogP contribution is 2.30. The molecule has 0 saturated carbocycles. The van der Waals surface area contributed by atoms with Gasteiger partial charge >= 0.3 is 0 Å². The van der Waals surface area contributed by atoms with Crippen LogP contribution in [0.2, 0.25) is 0 Å². The van der Waals surface area contributed by atoms with Gasteiger partial charge in [0.2, 0.25) is 0 Å². The summed E-state index contributed by atoms with van der Waals surface area (Å²) < 4.78 is 0. The predicted molar refractivity (Wildman–Crippen MR) is 53.4 cm³/mol. The summed E-state index contributed by atoms with van der Waals surface area (Å²) in [6.45, 7) is 0. The van der Waals surface area contributed by atoms with Crippen molar-refractivity contribution in [3.05, 3.63) is 29.3 Å². The average Bonchev–Trinajstić information content (AvgIpc) is 2.17. The minimum absolute atomic E-state index is 1.00. The first kappa shape index (κ1) is 7.76. The molecule has 0 atom stereocenters. The van der Waals surface area contributed by atoms with Crippen molar-refractivity contribution in [1.29, 1.82) is 0 Å². The first-order valence-electron chi connectivity index (χ1n) is 4.12. The molecule has 60 valence electrons. The number of rotatable bonds is 0. The number of fused-ring (bicyclic) bond motifs is 1. The van der Waals surface area contributed by atoms with Gasteiger partial charge in [0.05, 0.1) is 0 Å². The number of thioether (sulfide) groups is 1. The smallest absolute Gasteiger partial charge is 0.0253 e. The van der Waals surface area contributed by atoms with Crippen molar-refractivity contribution in [3.8, 4) is 12.3 Å². The van der Waals surface area contributed by atoms with Crippen LogP contribution >= 0.6 is 11.8 Å². The van der Waals surface area contributed by atoms with Crippen molar-refractivity contribution in [2.24, 2.45) is 0 Å². The van der Waals surface area contributed by atoms with E-state index in [4.69, 9.17) is 6.42 Å². The van der Waals surface area contributed by atoms with Gasteiger partial charge in [-0.1, -0.05) is 12.0 Å². The van der Waals surface area contributed by atoms with Gasteiger partial charge in [0.1, 0.15) is 0 Å². The van der Waals surface area contributed by atoms with E-state index < -0.39 is 0 Å². The van der Waals surface area contributed by atoms with Gasteiger partial charge in [-0.2, -0.15) is 0 Å². The fourth-order valence-corrected chi connectivity index (χ4v) is 2.50. The van der Waals surface area contributed by atoms with E-state index in [1.807, 2.05) is 17.8 Å². The van der Waals surface area contributed by atoms with E-state index in [-0.39, 0.29) is 0 Å². The largest absolute Gasteiger partial charge is 0.126 e. The highest BCUT2D eigenvalue weighted by molar-refractivity contribution is 7.99. The molecule has 1 aromatic carbocycles. The second-order valence-electron chi connectivity index (χ2n) is 2.92. The normalized spacial score (nSPS) is 14.9. The van der Waals surface area contributed by atoms with Gasteiger partial charge in [-0.3, -0.25) is 0 Å². The summed E-state index contributed by atoms with van der Waals surface area (Å²) in [6.07, 6.45) is 7.84. The summed E-state index contributed by atoms with van der Waals surface area (Å²) in [5.41, 5.74) is 2.47. The monoisotopic (exact) mass is 174 g/mol. The van der Waals surface area contributed by atoms with Crippen LogP contribution in [0.25, 0.3) is 0 Å². The second kappa shape index (κ2) is 3.25. The first-order valence-corrected chi connectivity index (χ1v) is 5.11. The highest BCUT2D eigenvalue weighted by Gasteiger charge is 2.08. The summed E-state index contributed by atoms with van der Waals surface area (Å²) in [5, 5.41) is 0. The van der Waals surface area contributed by atoms with Gasteiger partial charge in [-0.15, -0.1) is 18.2 Å². The molecule has 0 radical (unpaired) electrons. The summed E-state index contributed by atoms with van der Waals surface area (Å²) in [5.74, 6) is 3.90. The van der Waals surface area contributed by atoms with Crippen molar-refractivity contribution < 1.29 is 0 Å². The van der Waals surface area contributed by atoms with Crippen LogP contribution in [0.5, 0.6) is 0 Å². The van der Waals surface area contributed by atoms with Crippen molar-refractivity contribution in [1.82, 2.24) is 0 Å². The first-order chi connectivity index (χ1) is 5.90. The third-order valence-electron chi connectivity index (χ3n) is 2.08. The van der Waals surface area contributed by atoms with Gasteiger partial charge in [0.25, 0.3) is 0 Å². The lowest BCUT2D eigenvalue weighted by molar-refractivity contribution is 0.889. The Morgan fingerprint density at radius 1 is 1.42 bits per heavy atom. The van der Waals surface area contributed by atoms with Crippen LogP contribution in [0.4, 0.5) is 0 Å². The molecular formula is C11H10S. The summed E-state index contributed by atoms with van der Waals surface area (Å²) in [7, 11) is 0. The zero-order valence-corrected chi connectivity index (χ0v) is 7.66. The maximum atomic E-state index is 5.32. The number of benzene rings is 1. The van der Waals surface area contributed by atoms with Gasteiger partial charge in [-0.05, 0) is 36.3 Å². The molecule has 0 fully saturated rings. The molecule has 0 amide bonds. The topological polar surface area (TPSA) is 0 Å². The van der Waals surface area contributed by atoms with Gasteiger partial charge in [0, 0.05) is 10.5 Å². The van der Waals surface area contributed by atoms with Crippen LogP contribution < -0.4 is 0 Å². The van der Waals surface area contributed by atoms with E-state index in [1.54, 1.807) is 0 Å². The molecule has 0 spiro atoms. The third-order valence-corrected chi connectivity index (χ3v) is 3.27. The minimum atomic E-state index is 1.00. The van der Waals surface area contributed by atoms with Gasteiger partial charge < -0.3 is 0 Å². The Hall–Kier alpha value is -0.870. The van der Waals surface area contributed by atoms with Crippen LogP contribution in [0.1, 0.15) is 17.5 Å². The van der Waals surface area contributed by atoms with Gasteiger partial charge in [0.15, 0.2) is 0 Å². The predicted octanol–water partition coefficient (Wildman–Crippen LogP) is 2.71. The lowest BCUT2D eigenvalue weighted by Gasteiger charge is -2.14. The molecule has 0 bridgehead atoms. The maximum absolute atomic E-state index is 5.32. The summed E-state index contributed by atoms with van der Waals surface area (Å²) in [6, 6.07) is 6.32. The average molecular weight is 174 g/mol. The Bertz CT molecular complexity index is 333. The number of hydrogen-bond donors (Lipinski definition) is 0. The zero-order chi connectivity index (χ0) is 8.39. The maximum Gasteiger partial charge on any atom is 0.0253 e. The quantitative estimate of drug-likeness (QED) is 0.545. The van der Waals surface area contributed by atoms with Crippen LogP contribution in [-0.4, -0.2) is 5.75 Å². The van der Waals surface area contributed by atoms with Crippen LogP contribution in [0, 0.1) is 12.3 Å². The minimum Gasteiger partial charge on any atom is -0.126 e. The van der Waals surface area contributed by atoms with Crippen molar-refractivity contribution >= 4 is 11.8 Å². The Morgan fingerprint density at radius 3 is 3.17 bits per heavy atom. The molecule has 1 heteroatoms. The second-order valence-corrected chi connectivity index (χ2v) is 4.06. The molecule has 2 rings (SSSR count). The molecule has 1 heterocycles. The Kier molecular flexibility index (Phi) is 2.10. The summed E-state index contributed by atoms with van der Waals surface area (Å²) >= 11 is 1.92. The molecule has 0 aliphatic carbocycles. The van der Waals surface area contributed by atoms with E-state index in [9.17, 15) is 0 Å². The SMILES string of the molecule is C#Cc1ccc2c(c1)SCCC2. The Balaban J connectivity index is 2.44. The van der Waals surface area contributed by atoms with Crippen molar-refractivity contribution in [3.63, 3.8) is 0 Å².